The van der Waals surface area contributed by atoms with Crippen molar-refractivity contribution >= 4 is 34.5 Å². The van der Waals surface area contributed by atoms with Crippen LogP contribution in [0, 0.1) is 6.92 Å². The largest absolute Gasteiger partial charge is 0.312 e. The van der Waals surface area contributed by atoms with Crippen molar-refractivity contribution in [2.75, 3.05) is 7.05 Å². The van der Waals surface area contributed by atoms with Gasteiger partial charge in [-0.1, -0.05) is 41.4 Å². The minimum atomic E-state index is 0.205. The Morgan fingerprint density at radius 3 is 2.56 bits per heavy atom. The number of aryl methyl sites for hydroxylation is 1. The SMILES string of the molecule is CNC(Cc1ccccc1Cl)c1scc(C)c1Cl. The Morgan fingerprint density at radius 2 is 2.00 bits per heavy atom. The summed E-state index contributed by atoms with van der Waals surface area (Å²) in [6.45, 7) is 2.03. The van der Waals surface area contributed by atoms with Crippen LogP contribution >= 0.6 is 34.5 Å². The van der Waals surface area contributed by atoms with Crippen molar-refractivity contribution in [1.29, 1.82) is 0 Å². The highest BCUT2D eigenvalue weighted by molar-refractivity contribution is 7.10. The van der Waals surface area contributed by atoms with Crippen molar-refractivity contribution < 1.29 is 0 Å². The minimum absolute atomic E-state index is 0.205. The number of likely N-dealkylation sites (N-methyl/N-ethyl adjacent to an activating group) is 1. The molecule has 0 saturated heterocycles. The first-order valence-corrected chi connectivity index (χ1v) is 7.41. The van der Waals surface area contributed by atoms with Crippen LogP contribution in [0.1, 0.15) is 22.0 Å². The van der Waals surface area contributed by atoms with Crippen molar-refractivity contribution in [3.05, 3.63) is 55.7 Å². The summed E-state index contributed by atoms with van der Waals surface area (Å²) in [6, 6.07) is 8.14. The second-order valence-corrected chi connectivity index (χ2v) is 5.93. The van der Waals surface area contributed by atoms with Gasteiger partial charge in [0, 0.05) is 15.9 Å². The van der Waals surface area contributed by atoms with E-state index in [4.69, 9.17) is 23.2 Å². The highest BCUT2D eigenvalue weighted by Crippen LogP contribution is 2.34. The lowest BCUT2D eigenvalue weighted by molar-refractivity contribution is 0.602. The number of hydrogen-bond donors (Lipinski definition) is 1. The predicted octanol–water partition coefficient (Wildman–Crippen LogP) is 4.87. The third kappa shape index (κ3) is 2.89. The van der Waals surface area contributed by atoms with Gasteiger partial charge in [-0.05, 0) is 43.0 Å². The zero-order valence-electron chi connectivity index (χ0n) is 10.3. The average Bonchev–Trinajstić information content (AvgIpc) is 2.70. The summed E-state index contributed by atoms with van der Waals surface area (Å²) in [6.07, 6.45) is 0.843. The molecule has 0 aliphatic heterocycles. The van der Waals surface area contributed by atoms with Gasteiger partial charge in [-0.3, -0.25) is 0 Å². The molecule has 0 fully saturated rings. The average molecular weight is 300 g/mol. The van der Waals surface area contributed by atoms with Gasteiger partial charge in [0.1, 0.15) is 0 Å². The molecule has 0 aliphatic carbocycles. The molecule has 0 saturated carbocycles. The number of hydrogen-bond acceptors (Lipinski definition) is 2. The van der Waals surface area contributed by atoms with Gasteiger partial charge in [-0.2, -0.15) is 0 Å². The Bertz CT molecular complexity index is 536. The molecule has 1 unspecified atom stereocenters. The van der Waals surface area contributed by atoms with E-state index in [9.17, 15) is 0 Å². The fourth-order valence-electron chi connectivity index (χ4n) is 1.89. The summed E-state index contributed by atoms with van der Waals surface area (Å²) in [5.74, 6) is 0. The van der Waals surface area contributed by atoms with E-state index in [0.717, 1.165) is 27.6 Å². The monoisotopic (exact) mass is 299 g/mol. The molecule has 18 heavy (non-hydrogen) atoms. The fraction of sp³-hybridized carbons (Fsp3) is 0.286. The summed E-state index contributed by atoms with van der Waals surface area (Å²) in [7, 11) is 1.95. The molecule has 0 radical (unpaired) electrons. The second kappa shape index (κ2) is 6.07. The molecule has 1 aromatic heterocycles. The van der Waals surface area contributed by atoms with Gasteiger partial charge in [0.15, 0.2) is 0 Å². The lowest BCUT2D eigenvalue weighted by Gasteiger charge is -2.16. The zero-order chi connectivity index (χ0) is 13.1. The quantitative estimate of drug-likeness (QED) is 0.849. The molecule has 0 bridgehead atoms. The lowest BCUT2D eigenvalue weighted by atomic mass is 10.0. The summed E-state index contributed by atoms with van der Waals surface area (Å²) in [5.41, 5.74) is 2.27. The maximum Gasteiger partial charge on any atom is 0.0590 e. The van der Waals surface area contributed by atoms with Crippen molar-refractivity contribution in [1.82, 2.24) is 5.32 Å². The van der Waals surface area contributed by atoms with E-state index in [2.05, 4.69) is 16.8 Å². The molecule has 1 heterocycles. The van der Waals surface area contributed by atoms with Gasteiger partial charge in [-0.25, -0.2) is 0 Å². The van der Waals surface area contributed by atoms with Gasteiger partial charge in [0.05, 0.1) is 5.02 Å². The van der Waals surface area contributed by atoms with Crippen LogP contribution in [0.15, 0.2) is 29.6 Å². The molecule has 0 amide bonds. The lowest BCUT2D eigenvalue weighted by Crippen LogP contribution is -2.18. The standard InChI is InChI=1S/C14H15Cl2NS/c1-9-8-18-14(13(9)16)12(17-2)7-10-5-3-4-6-11(10)15/h3-6,8,12,17H,7H2,1-2H3. The normalized spacial score (nSPS) is 12.7. The van der Waals surface area contributed by atoms with Gasteiger partial charge in [-0.15, -0.1) is 11.3 Å². The van der Waals surface area contributed by atoms with Gasteiger partial charge < -0.3 is 5.32 Å². The van der Waals surface area contributed by atoms with E-state index in [1.165, 1.54) is 4.88 Å². The topological polar surface area (TPSA) is 12.0 Å². The summed E-state index contributed by atoms with van der Waals surface area (Å²) < 4.78 is 0. The Hall–Kier alpha value is -0.540. The smallest absolute Gasteiger partial charge is 0.0590 e. The van der Waals surface area contributed by atoms with Gasteiger partial charge >= 0.3 is 0 Å². The number of rotatable bonds is 4. The predicted molar refractivity (Wildman–Crippen MR) is 81.0 cm³/mol. The molecule has 2 aromatic rings. The molecule has 1 aromatic carbocycles. The maximum absolute atomic E-state index is 6.33. The van der Waals surface area contributed by atoms with E-state index in [1.807, 2.05) is 32.2 Å². The first-order chi connectivity index (χ1) is 8.63. The van der Waals surface area contributed by atoms with Crippen LogP contribution in [0.4, 0.5) is 0 Å². The van der Waals surface area contributed by atoms with E-state index in [1.54, 1.807) is 11.3 Å². The van der Waals surface area contributed by atoms with Crippen molar-refractivity contribution in [2.45, 2.75) is 19.4 Å². The Morgan fingerprint density at radius 1 is 1.28 bits per heavy atom. The van der Waals surface area contributed by atoms with Crippen molar-refractivity contribution in [3.8, 4) is 0 Å². The maximum atomic E-state index is 6.33. The Labute approximate surface area is 122 Å². The number of halogens is 2. The van der Waals surface area contributed by atoms with Crippen molar-refractivity contribution in [3.63, 3.8) is 0 Å². The number of nitrogens with one attached hydrogen (secondary N) is 1. The number of thiophene rings is 1. The van der Waals surface area contributed by atoms with Crippen LogP contribution < -0.4 is 5.32 Å². The molecular formula is C14H15Cl2NS. The van der Waals surface area contributed by atoms with E-state index >= 15 is 0 Å². The third-order valence-electron chi connectivity index (χ3n) is 2.97. The first-order valence-electron chi connectivity index (χ1n) is 5.77. The zero-order valence-corrected chi connectivity index (χ0v) is 12.7. The number of benzene rings is 1. The highest BCUT2D eigenvalue weighted by Gasteiger charge is 2.17. The third-order valence-corrected chi connectivity index (χ3v) is 5.17. The van der Waals surface area contributed by atoms with Crippen LogP contribution in [0.3, 0.4) is 0 Å². The molecule has 1 N–H and O–H groups in total. The molecule has 4 heteroatoms. The molecule has 0 aliphatic rings. The molecule has 2 rings (SSSR count). The first kappa shape index (κ1) is 13.9. The van der Waals surface area contributed by atoms with Crippen LogP contribution in [0.2, 0.25) is 10.0 Å². The summed E-state index contributed by atoms with van der Waals surface area (Å²) in [4.78, 5) is 1.18. The van der Waals surface area contributed by atoms with Crippen LogP contribution in [-0.2, 0) is 6.42 Å². The molecule has 1 atom stereocenters. The van der Waals surface area contributed by atoms with Crippen LogP contribution in [0.25, 0.3) is 0 Å². The molecule has 0 spiro atoms. The van der Waals surface area contributed by atoms with E-state index < -0.39 is 0 Å². The summed E-state index contributed by atoms with van der Waals surface area (Å²) in [5, 5.41) is 7.08. The minimum Gasteiger partial charge on any atom is -0.312 e. The van der Waals surface area contributed by atoms with Gasteiger partial charge in [0.25, 0.3) is 0 Å². The second-order valence-electron chi connectivity index (χ2n) is 4.23. The Kier molecular flexibility index (Phi) is 4.68. The van der Waals surface area contributed by atoms with Crippen LogP contribution in [-0.4, -0.2) is 7.05 Å². The molecule has 1 nitrogen and oxygen atoms in total. The van der Waals surface area contributed by atoms with Gasteiger partial charge in [0.2, 0.25) is 0 Å². The van der Waals surface area contributed by atoms with E-state index in [-0.39, 0.29) is 6.04 Å². The van der Waals surface area contributed by atoms with Crippen molar-refractivity contribution in [2.24, 2.45) is 0 Å². The fourth-order valence-corrected chi connectivity index (χ4v) is 3.54. The Balaban J connectivity index is 2.25. The molecule has 96 valence electrons. The van der Waals surface area contributed by atoms with Crippen LogP contribution in [0.5, 0.6) is 0 Å². The van der Waals surface area contributed by atoms with E-state index in [0.29, 0.717) is 0 Å². The highest BCUT2D eigenvalue weighted by atomic mass is 35.5. The molecular weight excluding hydrogens is 285 g/mol. The summed E-state index contributed by atoms with van der Waals surface area (Å²) >= 11 is 14.2.